The summed E-state index contributed by atoms with van der Waals surface area (Å²) < 4.78 is 5.99. The number of hydrogen-bond acceptors (Lipinski definition) is 3. The van der Waals surface area contributed by atoms with E-state index in [2.05, 4.69) is 11.8 Å². The molecule has 92 valence electrons. The quantitative estimate of drug-likeness (QED) is 0.731. The molecule has 1 saturated carbocycles. The van der Waals surface area contributed by atoms with Crippen molar-refractivity contribution in [1.29, 1.82) is 0 Å². The smallest absolute Gasteiger partial charge is 0.0697 e. The van der Waals surface area contributed by atoms with Crippen molar-refractivity contribution in [3.63, 3.8) is 0 Å². The van der Waals surface area contributed by atoms with E-state index in [1.165, 1.54) is 38.6 Å². The van der Waals surface area contributed by atoms with Crippen molar-refractivity contribution in [2.24, 2.45) is 11.7 Å². The van der Waals surface area contributed by atoms with E-state index < -0.39 is 0 Å². The van der Waals surface area contributed by atoms with Crippen LogP contribution in [0.5, 0.6) is 0 Å². The highest BCUT2D eigenvalue weighted by molar-refractivity contribution is 4.98. The molecule has 2 saturated heterocycles. The molecular formula is C13H24N2O. The normalized spacial score (nSPS) is 43.5. The molecule has 0 radical (unpaired) electrons. The van der Waals surface area contributed by atoms with Crippen molar-refractivity contribution >= 4 is 0 Å². The van der Waals surface area contributed by atoms with Crippen LogP contribution in [-0.2, 0) is 4.74 Å². The maximum absolute atomic E-state index is 6.12. The molecule has 3 aliphatic rings. The first-order valence-electron chi connectivity index (χ1n) is 6.82. The van der Waals surface area contributed by atoms with Crippen LogP contribution in [0.1, 0.15) is 39.0 Å². The Morgan fingerprint density at radius 1 is 1.31 bits per heavy atom. The van der Waals surface area contributed by atoms with Crippen molar-refractivity contribution in [2.45, 2.75) is 56.7 Å². The summed E-state index contributed by atoms with van der Waals surface area (Å²) in [5.41, 5.74) is 6.39. The highest BCUT2D eigenvalue weighted by Gasteiger charge is 2.45. The van der Waals surface area contributed by atoms with Gasteiger partial charge in [-0.1, -0.05) is 6.92 Å². The lowest BCUT2D eigenvalue weighted by Crippen LogP contribution is -2.51. The van der Waals surface area contributed by atoms with Gasteiger partial charge in [0.25, 0.3) is 0 Å². The molecule has 0 aromatic rings. The van der Waals surface area contributed by atoms with E-state index in [9.17, 15) is 0 Å². The minimum Gasteiger partial charge on any atom is -0.375 e. The molecule has 2 heterocycles. The van der Waals surface area contributed by atoms with Crippen LogP contribution < -0.4 is 5.73 Å². The largest absolute Gasteiger partial charge is 0.375 e. The Morgan fingerprint density at radius 3 is 2.69 bits per heavy atom. The first-order valence-corrected chi connectivity index (χ1v) is 6.82. The van der Waals surface area contributed by atoms with Crippen molar-refractivity contribution < 1.29 is 4.74 Å². The van der Waals surface area contributed by atoms with Crippen LogP contribution in [0.2, 0.25) is 0 Å². The van der Waals surface area contributed by atoms with Gasteiger partial charge in [-0.3, -0.25) is 4.90 Å². The van der Waals surface area contributed by atoms with Crippen molar-refractivity contribution in [3.05, 3.63) is 0 Å². The number of nitrogens with two attached hydrogens (primary N) is 1. The first-order chi connectivity index (χ1) is 7.69. The molecule has 3 nitrogen and oxygen atoms in total. The second-order valence-corrected chi connectivity index (χ2v) is 6.13. The van der Waals surface area contributed by atoms with Crippen LogP contribution in [0.3, 0.4) is 0 Å². The molecule has 0 bridgehead atoms. The van der Waals surface area contributed by atoms with Gasteiger partial charge in [0, 0.05) is 31.8 Å². The van der Waals surface area contributed by atoms with Crippen LogP contribution in [-0.4, -0.2) is 42.3 Å². The van der Waals surface area contributed by atoms with Crippen LogP contribution in [0.25, 0.3) is 0 Å². The maximum Gasteiger partial charge on any atom is 0.0697 e. The minimum atomic E-state index is 0.277. The highest BCUT2D eigenvalue weighted by Crippen LogP contribution is 2.43. The standard InChI is InChI=1S/C13H24N2O/c1-10-8-15(9-12(10)14)11-3-6-16-13(7-11)4-2-5-13/h10-12H,2-9,14H2,1H3. The van der Waals surface area contributed by atoms with E-state index in [4.69, 9.17) is 10.5 Å². The fourth-order valence-corrected chi connectivity index (χ4v) is 3.56. The predicted molar refractivity (Wildman–Crippen MR) is 64.3 cm³/mol. The Bertz CT molecular complexity index is 255. The topological polar surface area (TPSA) is 38.5 Å². The molecule has 2 aliphatic heterocycles. The Labute approximate surface area is 98.3 Å². The van der Waals surface area contributed by atoms with Crippen molar-refractivity contribution in [2.75, 3.05) is 19.7 Å². The number of rotatable bonds is 1. The molecule has 0 aromatic heterocycles. The average molecular weight is 224 g/mol. The zero-order chi connectivity index (χ0) is 11.2. The summed E-state index contributed by atoms with van der Waals surface area (Å²) in [5, 5.41) is 0. The zero-order valence-electron chi connectivity index (χ0n) is 10.3. The summed E-state index contributed by atoms with van der Waals surface area (Å²) in [6, 6.07) is 1.13. The lowest BCUT2D eigenvalue weighted by atomic mass is 9.73. The van der Waals surface area contributed by atoms with Gasteiger partial charge in [-0.25, -0.2) is 0 Å². The fourth-order valence-electron chi connectivity index (χ4n) is 3.56. The Balaban J connectivity index is 1.62. The third-order valence-corrected chi connectivity index (χ3v) is 4.95. The molecule has 16 heavy (non-hydrogen) atoms. The van der Waals surface area contributed by atoms with E-state index in [0.717, 1.165) is 19.2 Å². The van der Waals surface area contributed by atoms with Gasteiger partial charge in [-0.05, 0) is 38.0 Å². The lowest BCUT2D eigenvalue weighted by molar-refractivity contribution is -0.147. The Hall–Kier alpha value is -0.120. The fraction of sp³-hybridized carbons (Fsp3) is 1.00. The van der Waals surface area contributed by atoms with Gasteiger partial charge in [-0.15, -0.1) is 0 Å². The minimum absolute atomic E-state index is 0.277. The van der Waals surface area contributed by atoms with Crippen molar-refractivity contribution in [1.82, 2.24) is 4.90 Å². The van der Waals surface area contributed by atoms with Crippen molar-refractivity contribution in [3.8, 4) is 0 Å². The second-order valence-electron chi connectivity index (χ2n) is 6.13. The number of ether oxygens (including phenoxy) is 1. The third-order valence-electron chi connectivity index (χ3n) is 4.95. The summed E-state index contributed by atoms with van der Waals surface area (Å²) in [7, 11) is 0. The SMILES string of the molecule is CC1CN(C2CCOC3(CCC3)C2)CC1N. The van der Waals surface area contributed by atoms with Gasteiger partial charge in [-0.2, -0.15) is 0 Å². The van der Waals surface area contributed by atoms with Gasteiger partial charge in [0.1, 0.15) is 0 Å². The molecule has 0 aromatic carbocycles. The summed E-state index contributed by atoms with van der Waals surface area (Å²) >= 11 is 0. The molecule has 1 aliphatic carbocycles. The Kier molecular flexibility index (Phi) is 2.73. The molecule has 1 spiro atoms. The molecule has 3 rings (SSSR count). The lowest BCUT2D eigenvalue weighted by Gasteiger charge is -2.49. The molecule has 3 fully saturated rings. The molecule has 3 heteroatoms. The second kappa shape index (κ2) is 3.97. The zero-order valence-corrected chi connectivity index (χ0v) is 10.3. The summed E-state index contributed by atoms with van der Waals surface area (Å²) in [5.74, 6) is 0.667. The van der Waals surface area contributed by atoms with Crippen LogP contribution in [0.4, 0.5) is 0 Å². The van der Waals surface area contributed by atoms with Crippen LogP contribution in [0.15, 0.2) is 0 Å². The Morgan fingerprint density at radius 2 is 2.12 bits per heavy atom. The predicted octanol–water partition coefficient (Wildman–Crippen LogP) is 1.37. The molecular weight excluding hydrogens is 200 g/mol. The van der Waals surface area contributed by atoms with Gasteiger partial charge < -0.3 is 10.5 Å². The van der Waals surface area contributed by atoms with Gasteiger partial charge in [0.05, 0.1) is 5.60 Å². The molecule has 0 amide bonds. The van der Waals surface area contributed by atoms with Crippen LogP contribution in [0, 0.1) is 5.92 Å². The average Bonchev–Trinajstić information content (AvgIpc) is 2.57. The van der Waals surface area contributed by atoms with E-state index >= 15 is 0 Å². The molecule has 3 unspecified atom stereocenters. The third kappa shape index (κ3) is 1.79. The number of nitrogens with zero attached hydrogens (tertiary/aromatic N) is 1. The monoisotopic (exact) mass is 224 g/mol. The summed E-state index contributed by atoms with van der Waals surface area (Å²) in [6.45, 7) is 5.54. The summed E-state index contributed by atoms with van der Waals surface area (Å²) in [6.07, 6.45) is 6.41. The summed E-state index contributed by atoms with van der Waals surface area (Å²) in [4.78, 5) is 2.62. The van der Waals surface area contributed by atoms with Gasteiger partial charge >= 0.3 is 0 Å². The first kappa shape index (κ1) is 11.0. The van der Waals surface area contributed by atoms with E-state index in [-0.39, 0.29) is 5.60 Å². The molecule has 3 atom stereocenters. The van der Waals surface area contributed by atoms with Gasteiger partial charge in [0.2, 0.25) is 0 Å². The van der Waals surface area contributed by atoms with E-state index in [1.807, 2.05) is 0 Å². The van der Waals surface area contributed by atoms with Gasteiger partial charge in [0.15, 0.2) is 0 Å². The highest BCUT2D eigenvalue weighted by atomic mass is 16.5. The number of likely N-dealkylation sites (tertiary alicyclic amines) is 1. The molecule has 2 N–H and O–H groups in total. The maximum atomic E-state index is 6.12. The van der Waals surface area contributed by atoms with Crippen LogP contribution >= 0.6 is 0 Å². The number of hydrogen-bond donors (Lipinski definition) is 1. The van der Waals surface area contributed by atoms with E-state index in [0.29, 0.717) is 12.0 Å². The van der Waals surface area contributed by atoms with E-state index in [1.54, 1.807) is 0 Å².